The molecule has 0 unspecified atom stereocenters. The summed E-state index contributed by atoms with van der Waals surface area (Å²) >= 11 is 3.40. The lowest BCUT2D eigenvalue weighted by atomic mass is 10.1. The van der Waals surface area contributed by atoms with Gasteiger partial charge >= 0.3 is 5.97 Å². The highest BCUT2D eigenvalue weighted by atomic mass is 79.9. The molecule has 0 fully saturated rings. The molecule has 0 aliphatic heterocycles. The fourth-order valence-corrected chi connectivity index (χ4v) is 2.01. The molecule has 0 spiro atoms. The second-order valence-electron chi connectivity index (χ2n) is 3.71. The van der Waals surface area contributed by atoms with Crippen LogP contribution in [0, 0.1) is 0 Å². The second kappa shape index (κ2) is 5.88. The van der Waals surface area contributed by atoms with Crippen molar-refractivity contribution in [2.75, 3.05) is 13.7 Å². The molecule has 0 bridgehead atoms. The molecule has 0 amide bonds. The number of H-pyrrole nitrogens is 1. The van der Waals surface area contributed by atoms with Crippen LogP contribution in [0.3, 0.4) is 0 Å². The van der Waals surface area contributed by atoms with Crippen molar-refractivity contribution in [2.45, 2.75) is 6.92 Å². The molecule has 1 N–H and O–H groups in total. The van der Waals surface area contributed by atoms with Gasteiger partial charge in [0.05, 0.1) is 25.6 Å². The summed E-state index contributed by atoms with van der Waals surface area (Å²) in [6, 6.07) is 5.61. The number of aromatic nitrogens is 2. The Kier molecular flexibility index (Phi) is 4.21. The van der Waals surface area contributed by atoms with E-state index in [9.17, 15) is 4.79 Å². The van der Waals surface area contributed by atoms with Crippen molar-refractivity contribution in [3.63, 3.8) is 0 Å². The maximum atomic E-state index is 11.6. The first kappa shape index (κ1) is 13.6. The van der Waals surface area contributed by atoms with Gasteiger partial charge in [-0.25, -0.2) is 9.78 Å². The maximum absolute atomic E-state index is 11.6. The number of nitrogens with zero attached hydrogens (tertiary/aromatic N) is 1. The molecule has 0 aliphatic rings. The molecule has 0 saturated carbocycles. The van der Waals surface area contributed by atoms with Crippen LogP contribution in [0.4, 0.5) is 0 Å². The van der Waals surface area contributed by atoms with E-state index in [1.807, 2.05) is 18.2 Å². The predicted molar refractivity (Wildman–Crippen MR) is 74.2 cm³/mol. The Morgan fingerprint density at radius 2 is 2.26 bits per heavy atom. The minimum absolute atomic E-state index is 0.180. The molecular formula is C13H13BrN2O3. The smallest absolute Gasteiger partial charge is 0.374 e. The van der Waals surface area contributed by atoms with E-state index in [1.54, 1.807) is 20.2 Å². The zero-order valence-electron chi connectivity index (χ0n) is 10.6. The number of hydrogen-bond donors (Lipinski definition) is 1. The van der Waals surface area contributed by atoms with Gasteiger partial charge in [-0.1, -0.05) is 15.9 Å². The summed E-state index contributed by atoms with van der Waals surface area (Å²) in [5.74, 6) is 0.406. The summed E-state index contributed by atoms with van der Waals surface area (Å²) in [5, 5.41) is 0. The topological polar surface area (TPSA) is 64.2 Å². The van der Waals surface area contributed by atoms with Crippen LogP contribution in [0.5, 0.6) is 5.75 Å². The molecule has 6 heteroatoms. The quantitative estimate of drug-likeness (QED) is 0.878. The molecule has 0 saturated heterocycles. The van der Waals surface area contributed by atoms with Gasteiger partial charge in [-0.2, -0.15) is 0 Å². The van der Waals surface area contributed by atoms with Crippen LogP contribution in [-0.4, -0.2) is 29.7 Å². The highest BCUT2D eigenvalue weighted by Gasteiger charge is 2.14. The zero-order chi connectivity index (χ0) is 13.8. The summed E-state index contributed by atoms with van der Waals surface area (Å²) in [5.41, 5.74) is 1.51. The van der Waals surface area contributed by atoms with Crippen molar-refractivity contribution in [1.82, 2.24) is 9.97 Å². The average Bonchev–Trinajstić information content (AvgIpc) is 2.88. The van der Waals surface area contributed by atoms with E-state index in [0.717, 1.165) is 10.0 Å². The molecule has 0 atom stereocenters. The molecule has 2 rings (SSSR count). The lowest BCUT2D eigenvalue weighted by Crippen LogP contribution is -2.06. The van der Waals surface area contributed by atoms with Crippen LogP contribution in [-0.2, 0) is 4.74 Å². The van der Waals surface area contributed by atoms with Crippen LogP contribution in [0.15, 0.2) is 28.9 Å². The Hall–Kier alpha value is -1.82. The molecule has 1 aromatic carbocycles. The van der Waals surface area contributed by atoms with Gasteiger partial charge in [0.1, 0.15) is 5.75 Å². The Labute approximate surface area is 119 Å². The maximum Gasteiger partial charge on any atom is 0.374 e. The molecule has 100 valence electrons. The van der Waals surface area contributed by atoms with Crippen molar-refractivity contribution < 1.29 is 14.3 Å². The van der Waals surface area contributed by atoms with Gasteiger partial charge in [-0.3, -0.25) is 0 Å². The highest BCUT2D eigenvalue weighted by Crippen LogP contribution is 2.31. The largest absolute Gasteiger partial charge is 0.496 e. The van der Waals surface area contributed by atoms with Gasteiger partial charge in [0.15, 0.2) is 0 Å². The Morgan fingerprint density at radius 3 is 2.95 bits per heavy atom. The first-order chi connectivity index (χ1) is 9.15. The highest BCUT2D eigenvalue weighted by molar-refractivity contribution is 9.10. The summed E-state index contributed by atoms with van der Waals surface area (Å²) in [7, 11) is 1.59. The average molecular weight is 325 g/mol. The number of halogens is 1. The van der Waals surface area contributed by atoms with Crippen molar-refractivity contribution in [3.05, 3.63) is 34.7 Å². The minimum atomic E-state index is -0.470. The van der Waals surface area contributed by atoms with E-state index < -0.39 is 5.97 Å². The molecular weight excluding hydrogens is 312 g/mol. The summed E-state index contributed by atoms with van der Waals surface area (Å²) < 4.78 is 11.1. The minimum Gasteiger partial charge on any atom is -0.496 e. The molecule has 1 heterocycles. The van der Waals surface area contributed by atoms with Crippen molar-refractivity contribution in [3.8, 4) is 17.0 Å². The van der Waals surface area contributed by atoms with Gasteiger partial charge in [0.25, 0.3) is 0 Å². The number of methoxy groups -OCH3 is 1. The Balaban J connectivity index is 2.37. The fourth-order valence-electron chi connectivity index (χ4n) is 1.65. The molecule has 5 nitrogen and oxygen atoms in total. The summed E-state index contributed by atoms with van der Waals surface area (Å²) in [6.07, 6.45) is 1.58. The third-order valence-electron chi connectivity index (χ3n) is 2.50. The standard InChI is InChI=1S/C13H13BrN2O3/c1-3-19-13(17)12-15-7-10(16-12)9-6-8(14)4-5-11(9)18-2/h4-7H,3H2,1-2H3,(H,15,16). The number of benzene rings is 1. The molecule has 19 heavy (non-hydrogen) atoms. The van der Waals surface area contributed by atoms with Gasteiger partial charge in [0.2, 0.25) is 5.82 Å². The zero-order valence-corrected chi connectivity index (χ0v) is 12.2. The first-order valence-electron chi connectivity index (χ1n) is 5.71. The van der Waals surface area contributed by atoms with E-state index in [2.05, 4.69) is 25.9 Å². The van der Waals surface area contributed by atoms with Gasteiger partial charge in [-0.15, -0.1) is 0 Å². The number of nitrogens with one attached hydrogen (secondary N) is 1. The van der Waals surface area contributed by atoms with Crippen LogP contribution in [0.25, 0.3) is 11.3 Å². The van der Waals surface area contributed by atoms with Crippen molar-refractivity contribution >= 4 is 21.9 Å². The van der Waals surface area contributed by atoms with E-state index >= 15 is 0 Å². The third kappa shape index (κ3) is 2.96. The lowest BCUT2D eigenvalue weighted by molar-refractivity contribution is 0.0513. The van der Waals surface area contributed by atoms with E-state index in [4.69, 9.17) is 9.47 Å². The number of imidazole rings is 1. The fraction of sp³-hybridized carbons (Fsp3) is 0.231. The van der Waals surface area contributed by atoms with Crippen molar-refractivity contribution in [1.29, 1.82) is 0 Å². The number of esters is 1. The molecule has 0 aliphatic carbocycles. The lowest BCUT2D eigenvalue weighted by Gasteiger charge is -2.06. The van der Waals surface area contributed by atoms with Crippen LogP contribution in [0.2, 0.25) is 0 Å². The molecule has 2 aromatic rings. The Bertz CT molecular complexity index is 595. The van der Waals surface area contributed by atoms with Crippen LogP contribution >= 0.6 is 15.9 Å². The molecule has 1 aromatic heterocycles. The van der Waals surface area contributed by atoms with E-state index in [-0.39, 0.29) is 5.82 Å². The van der Waals surface area contributed by atoms with Crippen LogP contribution < -0.4 is 4.74 Å². The SMILES string of the molecule is CCOC(=O)c1ncc(-c2cc(Br)ccc2OC)[nH]1. The van der Waals surface area contributed by atoms with E-state index in [0.29, 0.717) is 18.1 Å². The monoisotopic (exact) mass is 324 g/mol. The summed E-state index contributed by atoms with van der Waals surface area (Å²) in [4.78, 5) is 18.5. The number of carbonyl (C=O) groups is 1. The normalized spacial score (nSPS) is 10.3. The summed E-state index contributed by atoms with van der Waals surface area (Å²) in [6.45, 7) is 2.06. The first-order valence-corrected chi connectivity index (χ1v) is 6.51. The number of aromatic amines is 1. The third-order valence-corrected chi connectivity index (χ3v) is 2.99. The second-order valence-corrected chi connectivity index (χ2v) is 4.63. The number of ether oxygens (including phenoxy) is 2. The van der Waals surface area contributed by atoms with E-state index in [1.165, 1.54) is 0 Å². The van der Waals surface area contributed by atoms with Gasteiger partial charge in [-0.05, 0) is 25.1 Å². The Morgan fingerprint density at radius 1 is 1.47 bits per heavy atom. The number of hydrogen-bond acceptors (Lipinski definition) is 4. The number of rotatable bonds is 4. The van der Waals surface area contributed by atoms with Gasteiger partial charge in [0, 0.05) is 10.0 Å². The number of carbonyl (C=O) groups excluding carboxylic acids is 1. The molecule has 0 radical (unpaired) electrons. The van der Waals surface area contributed by atoms with Crippen molar-refractivity contribution in [2.24, 2.45) is 0 Å². The predicted octanol–water partition coefficient (Wildman–Crippen LogP) is 3.02. The van der Waals surface area contributed by atoms with Crippen LogP contribution in [0.1, 0.15) is 17.5 Å². The van der Waals surface area contributed by atoms with Gasteiger partial charge < -0.3 is 14.5 Å².